The summed E-state index contributed by atoms with van der Waals surface area (Å²) in [6.07, 6.45) is 0. The molecule has 0 aliphatic rings. The van der Waals surface area contributed by atoms with Crippen molar-refractivity contribution in [2.24, 2.45) is 0 Å². The van der Waals surface area contributed by atoms with E-state index in [1.807, 2.05) is 0 Å². The molecule has 0 bridgehead atoms. The second-order valence-corrected chi connectivity index (χ2v) is 16.6. The van der Waals surface area contributed by atoms with E-state index >= 15 is 0 Å². The molecule has 0 radical (unpaired) electrons. The molecular formula is C56H42N2. The van der Waals surface area contributed by atoms with Crippen LogP contribution in [0.25, 0.3) is 82.1 Å². The van der Waals surface area contributed by atoms with Crippen LogP contribution in [-0.4, -0.2) is 4.57 Å². The van der Waals surface area contributed by atoms with Gasteiger partial charge in [0.05, 0.1) is 22.4 Å². The highest BCUT2D eigenvalue weighted by Crippen LogP contribution is 2.47. The van der Waals surface area contributed by atoms with E-state index in [1.54, 1.807) is 0 Å². The summed E-state index contributed by atoms with van der Waals surface area (Å²) < 4.78 is 2.46. The van der Waals surface area contributed by atoms with Gasteiger partial charge in [0.2, 0.25) is 0 Å². The van der Waals surface area contributed by atoms with Gasteiger partial charge in [-0.15, -0.1) is 0 Å². The molecule has 0 saturated carbocycles. The largest absolute Gasteiger partial charge is 0.310 e. The Balaban J connectivity index is 1.18. The maximum Gasteiger partial charge on any atom is 0.0541 e. The Morgan fingerprint density at radius 1 is 0.379 bits per heavy atom. The van der Waals surface area contributed by atoms with Gasteiger partial charge in [0.15, 0.2) is 0 Å². The SMILES string of the molecule is CC(C)(C)c1cc(-c2ccccc2)cc(N(c2ccc(-c3ccccc3)cc2)c2ccc3ccc4c(-n5c6ccccc6c6ccccc65)ccc5ccc2c3c54)c1. The van der Waals surface area contributed by atoms with E-state index in [9.17, 15) is 0 Å². The fourth-order valence-electron chi connectivity index (χ4n) is 9.17. The van der Waals surface area contributed by atoms with Gasteiger partial charge in [-0.1, -0.05) is 172 Å². The van der Waals surface area contributed by atoms with Gasteiger partial charge in [-0.05, 0) is 103 Å². The smallest absolute Gasteiger partial charge is 0.0541 e. The van der Waals surface area contributed by atoms with Gasteiger partial charge < -0.3 is 9.47 Å². The van der Waals surface area contributed by atoms with Gasteiger partial charge in [0.1, 0.15) is 0 Å². The first-order valence-electron chi connectivity index (χ1n) is 20.3. The molecule has 0 amide bonds. The van der Waals surface area contributed by atoms with Crippen molar-refractivity contribution < 1.29 is 0 Å². The molecule has 0 saturated heterocycles. The summed E-state index contributed by atoms with van der Waals surface area (Å²) in [6.45, 7) is 6.93. The normalized spacial score (nSPS) is 12.1. The molecule has 0 atom stereocenters. The fraction of sp³-hybridized carbons (Fsp3) is 0.0714. The Bertz CT molecular complexity index is 3240. The van der Waals surface area contributed by atoms with E-state index in [1.165, 1.54) is 87.6 Å². The topological polar surface area (TPSA) is 8.17 Å². The summed E-state index contributed by atoms with van der Waals surface area (Å²) in [6, 6.07) is 73.8. The van der Waals surface area contributed by atoms with Gasteiger partial charge >= 0.3 is 0 Å². The van der Waals surface area contributed by atoms with Crippen LogP contribution in [-0.2, 0) is 5.41 Å². The molecule has 1 aromatic heterocycles. The number of hydrogen-bond acceptors (Lipinski definition) is 1. The van der Waals surface area contributed by atoms with Crippen LogP contribution >= 0.6 is 0 Å². The van der Waals surface area contributed by atoms with Crippen molar-refractivity contribution in [1.29, 1.82) is 0 Å². The van der Waals surface area contributed by atoms with Crippen molar-refractivity contribution in [2.75, 3.05) is 4.90 Å². The molecule has 0 fully saturated rings. The van der Waals surface area contributed by atoms with Crippen molar-refractivity contribution >= 4 is 71.2 Å². The van der Waals surface area contributed by atoms with Crippen LogP contribution in [0.3, 0.4) is 0 Å². The lowest BCUT2D eigenvalue weighted by Gasteiger charge is -2.30. The number of fused-ring (bicyclic) bond motifs is 3. The third kappa shape index (κ3) is 5.48. The van der Waals surface area contributed by atoms with Gasteiger partial charge in [0, 0.05) is 32.9 Å². The summed E-state index contributed by atoms with van der Waals surface area (Å²) in [5, 5.41) is 10.1. The summed E-state index contributed by atoms with van der Waals surface area (Å²) in [5.74, 6) is 0. The Morgan fingerprint density at radius 3 is 1.53 bits per heavy atom. The van der Waals surface area contributed by atoms with Crippen LogP contribution in [0, 0.1) is 0 Å². The van der Waals surface area contributed by atoms with Crippen molar-refractivity contribution in [3.63, 3.8) is 0 Å². The summed E-state index contributed by atoms with van der Waals surface area (Å²) in [7, 11) is 0. The Kier molecular flexibility index (Phi) is 7.78. The van der Waals surface area contributed by atoms with E-state index in [4.69, 9.17) is 0 Å². The minimum Gasteiger partial charge on any atom is -0.310 e. The Morgan fingerprint density at radius 2 is 0.897 bits per heavy atom. The molecule has 276 valence electrons. The van der Waals surface area contributed by atoms with Gasteiger partial charge in [-0.3, -0.25) is 0 Å². The molecule has 0 unspecified atom stereocenters. The van der Waals surface area contributed by atoms with E-state index in [2.05, 4.69) is 230 Å². The third-order valence-corrected chi connectivity index (χ3v) is 12.1. The Hall–Kier alpha value is -7.16. The molecule has 11 rings (SSSR count). The van der Waals surface area contributed by atoms with E-state index < -0.39 is 0 Å². The molecular weight excluding hydrogens is 701 g/mol. The van der Waals surface area contributed by atoms with Crippen molar-refractivity contribution in [3.8, 4) is 27.9 Å². The molecule has 58 heavy (non-hydrogen) atoms. The second kappa shape index (κ2) is 13.2. The number of rotatable bonds is 6. The first-order chi connectivity index (χ1) is 28.4. The standard InChI is InChI=1S/C56H42N2/c1-56(2,3)43-34-42(38-16-8-5-9-17-38)35-45(36-43)57(44-28-22-39(23-29-44)37-14-6-4-7-15-37)52-32-26-40-25-31-49-53(33-27-41-24-30-48(52)54(40)55(41)49)58-50-20-12-10-18-46(50)47-19-11-13-21-51(47)58/h4-36H,1-3H3. The number of aromatic nitrogens is 1. The zero-order chi connectivity index (χ0) is 39.0. The van der Waals surface area contributed by atoms with Crippen LogP contribution in [0.5, 0.6) is 0 Å². The van der Waals surface area contributed by atoms with Crippen LogP contribution < -0.4 is 4.90 Å². The molecule has 0 spiro atoms. The van der Waals surface area contributed by atoms with Crippen LogP contribution in [0.4, 0.5) is 17.1 Å². The van der Waals surface area contributed by atoms with Crippen LogP contribution in [0.2, 0.25) is 0 Å². The first kappa shape index (κ1) is 34.1. The number of anilines is 3. The number of para-hydroxylation sites is 2. The van der Waals surface area contributed by atoms with Crippen molar-refractivity contribution in [2.45, 2.75) is 26.2 Å². The van der Waals surface area contributed by atoms with Gasteiger partial charge in [0.25, 0.3) is 0 Å². The van der Waals surface area contributed by atoms with E-state index in [0.29, 0.717) is 0 Å². The summed E-state index contributed by atoms with van der Waals surface area (Å²) >= 11 is 0. The van der Waals surface area contributed by atoms with Gasteiger partial charge in [-0.25, -0.2) is 0 Å². The zero-order valence-electron chi connectivity index (χ0n) is 32.9. The summed E-state index contributed by atoms with van der Waals surface area (Å²) in [5.41, 5.74) is 13.1. The molecule has 11 aromatic rings. The average Bonchev–Trinajstić information content (AvgIpc) is 3.60. The maximum atomic E-state index is 2.48. The number of benzene rings is 10. The molecule has 2 nitrogen and oxygen atoms in total. The molecule has 0 aliphatic heterocycles. The minimum absolute atomic E-state index is 0.0613. The minimum atomic E-state index is -0.0613. The third-order valence-electron chi connectivity index (χ3n) is 12.1. The lowest BCUT2D eigenvalue weighted by atomic mass is 9.84. The highest BCUT2D eigenvalue weighted by molar-refractivity contribution is 6.27. The Labute approximate surface area is 339 Å². The lowest BCUT2D eigenvalue weighted by Crippen LogP contribution is -2.15. The zero-order valence-corrected chi connectivity index (χ0v) is 32.9. The quantitative estimate of drug-likeness (QED) is 0.154. The maximum absolute atomic E-state index is 2.48. The van der Waals surface area contributed by atoms with Crippen LogP contribution in [0.1, 0.15) is 26.3 Å². The predicted molar refractivity (Wildman–Crippen MR) is 249 cm³/mol. The molecule has 1 heterocycles. The second-order valence-electron chi connectivity index (χ2n) is 16.6. The van der Waals surface area contributed by atoms with Crippen molar-refractivity contribution in [1.82, 2.24) is 4.57 Å². The first-order valence-corrected chi connectivity index (χ1v) is 20.3. The van der Waals surface area contributed by atoms with E-state index in [0.717, 1.165) is 17.1 Å². The molecule has 2 heteroatoms. The summed E-state index contributed by atoms with van der Waals surface area (Å²) in [4.78, 5) is 2.48. The molecule has 0 N–H and O–H groups in total. The molecule has 0 aliphatic carbocycles. The number of nitrogens with zero attached hydrogens (tertiary/aromatic N) is 2. The predicted octanol–water partition coefficient (Wildman–Crippen LogP) is 15.8. The lowest BCUT2D eigenvalue weighted by molar-refractivity contribution is 0.590. The molecule has 10 aromatic carbocycles. The van der Waals surface area contributed by atoms with Crippen molar-refractivity contribution in [3.05, 3.63) is 206 Å². The monoisotopic (exact) mass is 742 g/mol. The highest BCUT2D eigenvalue weighted by atomic mass is 15.1. The average molecular weight is 743 g/mol. The highest BCUT2D eigenvalue weighted by Gasteiger charge is 2.24. The van der Waals surface area contributed by atoms with Gasteiger partial charge in [-0.2, -0.15) is 0 Å². The van der Waals surface area contributed by atoms with E-state index in [-0.39, 0.29) is 5.41 Å². The number of hydrogen-bond donors (Lipinski definition) is 0. The fourth-order valence-corrected chi connectivity index (χ4v) is 9.17. The van der Waals surface area contributed by atoms with Crippen LogP contribution in [0.15, 0.2) is 200 Å².